The Morgan fingerprint density at radius 1 is 1.48 bits per heavy atom. The Labute approximate surface area is 131 Å². The molecular weight excluding hydrogens is 286 g/mol. The van der Waals surface area contributed by atoms with Crippen LogP contribution in [0.1, 0.15) is 44.3 Å². The zero-order valence-corrected chi connectivity index (χ0v) is 14.2. The molecule has 0 radical (unpaired) electrons. The van der Waals surface area contributed by atoms with E-state index in [0.29, 0.717) is 18.9 Å². The maximum Gasteiger partial charge on any atom is 0.314 e. The summed E-state index contributed by atoms with van der Waals surface area (Å²) in [5.41, 5.74) is 0.148. The molecule has 0 aliphatic heterocycles. The van der Waals surface area contributed by atoms with Gasteiger partial charge in [-0.05, 0) is 32.6 Å². The topological polar surface area (TPSA) is 74.2 Å². The van der Waals surface area contributed by atoms with Gasteiger partial charge in [0, 0.05) is 24.9 Å². The normalized spacial score (nSPS) is 14.0. The molecule has 120 valence electrons. The number of aryl methyl sites for hydroxylation is 1. The molecule has 3 N–H and O–H groups in total. The van der Waals surface area contributed by atoms with Gasteiger partial charge in [0.1, 0.15) is 0 Å². The highest BCUT2D eigenvalue weighted by Crippen LogP contribution is 2.15. The van der Waals surface area contributed by atoms with Crippen molar-refractivity contribution in [2.45, 2.75) is 52.6 Å². The fourth-order valence-corrected chi connectivity index (χ4v) is 2.50. The number of thiazole rings is 1. The van der Waals surface area contributed by atoms with Gasteiger partial charge < -0.3 is 15.7 Å². The van der Waals surface area contributed by atoms with E-state index in [9.17, 15) is 9.90 Å². The van der Waals surface area contributed by atoms with Crippen molar-refractivity contribution in [3.63, 3.8) is 0 Å². The second-order valence-electron chi connectivity index (χ2n) is 6.15. The fraction of sp³-hybridized carbons (Fsp3) is 0.733. The lowest BCUT2D eigenvalue weighted by atomic mass is 9.95. The summed E-state index contributed by atoms with van der Waals surface area (Å²) >= 11 is 1.61. The lowest BCUT2D eigenvalue weighted by Gasteiger charge is -2.24. The molecule has 0 spiro atoms. The maximum atomic E-state index is 11.7. The number of urea groups is 1. The number of carbonyl (C=O) groups excluding carboxylic acids is 1. The Morgan fingerprint density at radius 2 is 2.19 bits per heavy atom. The Kier molecular flexibility index (Phi) is 7.11. The third-order valence-corrected chi connectivity index (χ3v) is 4.05. The number of aliphatic hydroxyl groups is 1. The van der Waals surface area contributed by atoms with Crippen LogP contribution in [-0.2, 0) is 6.42 Å². The first-order valence-corrected chi connectivity index (χ1v) is 8.31. The van der Waals surface area contributed by atoms with E-state index in [-0.39, 0.29) is 12.6 Å². The molecule has 0 saturated heterocycles. The first kappa shape index (κ1) is 17.9. The second-order valence-corrected chi connectivity index (χ2v) is 7.21. The van der Waals surface area contributed by atoms with Crippen LogP contribution in [0.25, 0.3) is 0 Å². The van der Waals surface area contributed by atoms with Crippen LogP contribution in [-0.4, -0.2) is 34.8 Å². The number of amides is 2. The summed E-state index contributed by atoms with van der Waals surface area (Å²) in [6.07, 6.45) is 2.35. The van der Waals surface area contributed by atoms with E-state index in [1.165, 1.54) is 0 Å². The van der Waals surface area contributed by atoms with Crippen LogP contribution in [0.2, 0.25) is 0 Å². The summed E-state index contributed by atoms with van der Waals surface area (Å²) in [5.74, 6) is 0.548. The molecule has 21 heavy (non-hydrogen) atoms. The predicted octanol–water partition coefficient (Wildman–Crippen LogP) is 2.48. The summed E-state index contributed by atoms with van der Waals surface area (Å²) in [4.78, 5) is 16.0. The third-order valence-electron chi connectivity index (χ3n) is 3.22. The summed E-state index contributed by atoms with van der Waals surface area (Å²) in [6, 6.07) is -0.244. The van der Waals surface area contributed by atoms with Gasteiger partial charge in [0.25, 0.3) is 0 Å². The van der Waals surface area contributed by atoms with Crippen LogP contribution < -0.4 is 10.6 Å². The molecule has 0 saturated carbocycles. The minimum absolute atomic E-state index is 0.244. The number of hydrogen-bond acceptors (Lipinski definition) is 4. The largest absolute Gasteiger partial charge is 0.388 e. The van der Waals surface area contributed by atoms with Crippen LogP contribution in [0.4, 0.5) is 4.79 Å². The average molecular weight is 313 g/mol. The van der Waals surface area contributed by atoms with Crippen molar-refractivity contribution in [1.82, 2.24) is 15.6 Å². The van der Waals surface area contributed by atoms with Crippen molar-refractivity contribution in [3.8, 4) is 0 Å². The van der Waals surface area contributed by atoms with Gasteiger partial charge in [-0.2, -0.15) is 0 Å². The van der Waals surface area contributed by atoms with Crippen molar-refractivity contribution >= 4 is 17.4 Å². The van der Waals surface area contributed by atoms with Gasteiger partial charge in [0.2, 0.25) is 0 Å². The van der Waals surface area contributed by atoms with Crippen molar-refractivity contribution in [1.29, 1.82) is 0 Å². The molecule has 1 unspecified atom stereocenters. The number of aromatic nitrogens is 1. The number of carbonyl (C=O) groups is 1. The first-order valence-electron chi connectivity index (χ1n) is 7.43. The van der Waals surface area contributed by atoms with E-state index in [1.807, 2.05) is 12.3 Å². The molecule has 5 nitrogen and oxygen atoms in total. The zero-order chi connectivity index (χ0) is 15.9. The van der Waals surface area contributed by atoms with Gasteiger partial charge in [-0.1, -0.05) is 13.8 Å². The molecule has 0 bridgehead atoms. The van der Waals surface area contributed by atoms with E-state index in [4.69, 9.17) is 0 Å². The quantitative estimate of drug-likeness (QED) is 0.690. The molecule has 0 aromatic carbocycles. The minimum Gasteiger partial charge on any atom is -0.388 e. The Hall–Kier alpha value is -1.14. The van der Waals surface area contributed by atoms with Crippen LogP contribution >= 0.6 is 11.3 Å². The lowest BCUT2D eigenvalue weighted by Crippen LogP contribution is -2.45. The number of nitrogens with zero attached hydrogens (tertiary/aromatic N) is 1. The maximum absolute atomic E-state index is 11.7. The molecule has 6 heteroatoms. The molecule has 0 fully saturated rings. The molecule has 1 rings (SSSR count). The molecule has 1 aromatic rings. The summed E-state index contributed by atoms with van der Waals surface area (Å²) in [6.45, 7) is 8.78. The summed E-state index contributed by atoms with van der Waals surface area (Å²) < 4.78 is 0. The second kappa shape index (κ2) is 8.34. The van der Waals surface area contributed by atoms with Gasteiger partial charge in [0.05, 0.1) is 16.3 Å². The van der Waals surface area contributed by atoms with Gasteiger partial charge in [-0.15, -0.1) is 11.3 Å². The van der Waals surface area contributed by atoms with Crippen molar-refractivity contribution in [3.05, 3.63) is 16.1 Å². The molecule has 1 heterocycles. The standard InChI is InChI=1S/C15H27N3O2S/c1-11(2)5-7-15(4,20)10-17-14(19)16-8-6-13-9-21-12(3)18-13/h9,11,20H,5-8,10H2,1-4H3,(H2,16,17,19). The van der Waals surface area contributed by atoms with E-state index in [2.05, 4.69) is 29.5 Å². The SMILES string of the molecule is Cc1nc(CCNC(=O)NCC(C)(O)CCC(C)C)cs1. The van der Waals surface area contributed by atoms with Crippen LogP contribution in [0, 0.1) is 12.8 Å². The Balaban J connectivity index is 2.18. The van der Waals surface area contributed by atoms with Crippen LogP contribution in [0.5, 0.6) is 0 Å². The van der Waals surface area contributed by atoms with Crippen molar-refractivity contribution in [2.24, 2.45) is 5.92 Å². The van der Waals surface area contributed by atoms with E-state index < -0.39 is 5.60 Å². The highest BCUT2D eigenvalue weighted by atomic mass is 32.1. The molecule has 1 aromatic heterocycles. The van der Waals surface area contributed by atoms with Crippen molar-refractivity contribution < 1.29 is 9.90 Å². The summed E-state index contributed by atoms with van der Waals surface area (Å²) in [7, 11) is 0. The first-order chi connectivity index (χ1) is 9.78. The fourth-order valence-electron chi connectivity index (χ4n) is 1.85. The monoisotopic (exact) mass is 313 g/mol. The molecule has 2 amide bonds. The number of hydrogen-bond donors (Lipinski definition) is 3. The van der Waals surface area contributed by atoms with Gasteiger partial charge in [0.15, 0.2) is 0 Å². The summed E-state index contributed by atoms with van der Waals surface area (Å²) in [5, 5.41) is 18.7. The van der Waals surface area contributed by atoms with Crippen LogP contribution in [0.3, 0.4) is 0 Å². The van der Waals surface area contributed by atoms with Gasteiger partial charge in [-0.25, -0.2) is 9.78 Å². The average Bonchev–Trinajstić information content (AvgIpc) is 2.80. The molecule has 0 aliphatic carbocycles. The van der Waals surface area contributed by atoms with E-state index >= 15 is 0 Å². The van der Waals surface area contributed by atoms with Crippen LogP contribution in [0.15, 0.2) is 5.38 Å². The smallest absolute Gasteiger partial charge is 0.314 e. The van der Waals surface area contributed by atoms with Gasteiger partial charge >= 0.3 is 6.03 Å². The highest BCUT2D eigenvalue weighted by Gasteiger charge is 2.21. The van der Waals surface area contributed by atoms with E-state index in [1.54, 1.807) is 18.3 Å². The van der Waals surface area contributed by atoms with E-state index in [0.717, 1.165) is 23.5 Å². The van der Waals surface area contributed by atoms with Crippen molar-refractivity contribution in [2.75, 3.05) is 13.1 Å². The zero-order valence-electron chi connectivity index (χ0n) is 13.4. The number of nitrogens with one attached hydrogen (secondary N) is 2. The Bertz CT molecular complexity index is 444. The number of rotatable bonds is 8. The molecule has 0 aliphatic rings. The molecular formula is C15H27N3O2S. The lowest BCUT2D eigenvalue weighted by molar-refractivity contribution is 0.0477. The predicted molar refractivity (Wildman–Crippen MR) is 86.7 cm³/mol. The third kappa shape index (κ3) is 8.02. The Morgan fingerprint density at radius 3 is 2.76 bits per heavy atom. The minimum atomic E-state index is -0.854. The van der Waals surface area contributed by atoms with Gasteiger partial charge in [-0.3, -0.25) is 0 Å². The highest BCUT2D eigenvalue weighted by molar-refractivity contribution is 7.09. The molecule has 1 atom stereocenters.